The minimum Gasteiger partial charge on any atom is -0.373 e. The Kier molecular flexibility index (Phi) is 5.21. The van der Waals surface area contributed by atoms with Crippen LogP contribution in [0.5, 0.6) is 0 Å². The van der Waals surface area contributed by atoms with Crippen molar-refractivity contribution in [2.24, 2.45) is 0 Å². The van der Waals surface area contributed by atoms with Crippen molar-refractivity contribution >= 4 is 16.7 Å². The van der Waals surface area contributed by atoms with Crippen LogP contribution in [0.4, 0.5) is 0 Å². The number of hydrogen-bond donors (Lipinski definition) is 0. The van der Waals surface area contributed by atoms with Gasteiger partial charge in [0.1, 0.15) is 12.0 Å². The van der Waals surface area contributed by atoms with Crippen molar-refractivity contribution in [1.82, 2.24) is 29.0 Å². The molecule has 0 saturated carbocycles. The van der Waals surface area contributed by atoms with Crippen molar-refractivity contribution in [2.75, 3.05) is 13.1 Å². The fourth-order valence-corrected chi connectivity index (χ4v) is 4.44. The van der Waals surface area contributed by atoms with Gasteiger partial charge in [-0.3, -0.25) is 9.47 Å². The number of pyridine rings is 1. The smallest absolute Gasteiger partial charge is 0.352 e. The normalized spacial score (nSPS) is 19.4. The number of rotatable bonds is 4. The largest absolute Gasteiger partial charge is 0.373 e. The maximum Gasteiger partial charge on any atom is 0.352 e. The Morgan fingerprint density at radius 3 is 2.53 bits per heavy atom. The first kappa shape index (κ1) is 20.4. The lowest BCUT2D eigenvalue weighted by molar-refractivity contribution is -0.0705. The van der Waals surface area contributed by atoms with Crippen molar-refractivity contribution < 1.29 is 4.74 Å². The van der Waals surface area contributed by atoms with Crippen molar-refractivity contribution in [3.8, 4) is 12.3 Å². The number of hydrogen-bond acceptors (Lipinski definition) is 6. The van der Waals surface area contributed by atoms with E-state index in [2.05, 4.69) is 40.8 Å². The van der Waals surface area contributed by atoms with Crippen molar-refractivity contribution in [3.05, 3.63) is 70.0 Å². The molecule has 0 unspecified atom stereocenters. The number of nitrogens with zero attached hydrogens (tertiary/aromatic N) is 6. The molecule has 4 heterocycles. The zero-order valence-corrected chi connectivity index (χ0v) is 18.1. The minimum atomic E-state index is -0.276. The molecule has 3 aromatic heterocycles. The summed E-state index contributed by atoms with van der Waals surface area (Å²) in [5.41, 5.74) is 3.64. The Labute approximate surface area is 185 Å². The highest BCUT2D eigenvalue weighted by atomic mass is 16.5. The molecule has 0 spiro atoms. The van der Waals surface area contributed by atoms with E-state index in [0.717, 1.165) is 41.7 Å². The van der Waals surface area contributed by atoms with E-state index in [4.69, 9.17) is 16.1 Å². The molecular weight excluding hydrogens is 404 g/mol. The summed E-state index contributed by atoms with van der Waals surface area (Å²) in [6.07, 6.45) is 9.09. The molecule has 0 N–H and O–H groups in total. The van der Waals surface area contributed by atoms with E-state index in [1.54, 1.807) is 4.57 Å². The number of fused-ring (bicyclic) bond motifs is 3. The van der Waals surface area contributed by atoms with Gasteiger partial charge in [0.2, 0.25) is 0 Å². The number of benzene rings is 1. The lowest BCUT2D eigenvalue weighted by Crippen LogP contribution is -2.44. The second kappa shape index (κ2) is 8.19. The van der Waals surface area contributed by atoms with Crippen LogP contribution in [0.3, 0.4) is 0 Å². The topological polar surface area (TPSA) is 77.5 Å². The first-order chi connectivity index (χ1) is 15.5. The lowest BCUT2D eigenvalue weighted by Gasteiger charge is -2.35. The maximum absolute atomic E-state index is 13.1. The maximum atomic E-state index is 13.1. The molecule has 8 heteroatoms. The molecule has 4 aromatic rings. The summed E-state index contributed by atoms with van der Waals surface area (Å²) in [7, 11) is 0. The Morgan fingerprint density at radius 2 is 1.81 bits per heavy atom. The van der Waals surface area contributed by atoms with Gasteiger partial charge in [0, 0.05) is 31.4 Å². The third-order valence-corrected chi connectivity index (χ3v) is 5.74. The van der Waals surface area contributed by atoms with Gasteiger partial charge in [-0.1, -0.05) is 18.1 Å². The van der Waals surface area contributed by atoms with Crippen LogP contribution in [0.1, 0.15) is 30.5 Å². The summed E-state index contributed by atoms with van der Waals surface area (Å²) < 4.78 is 8.81. The summed E-state index contributed by atoms with van der Waals surface area (Å²) >= 11 is 0. The van der Waals surface area contributed by atoms with Crippen molar-refractivity contribution in [2.45, 2.75) is 39.1 Å². The molecule has 1 aliphatic rings. The third-order valence-electron chi connectivity index (χ3n) is 5.74. The minimum absolute atomic E-state index is 0.196. The molecule has 1 saturated heterocycles. The number of ether oxygens (including phenoxy) is 1. The van der Waals surface area contributed by atoms with Crippen LogP contribution in [0, 0.1) is 12.3 Å². The quantitative estimate of drug-likeness (QED) is 0.463. The average molecular weight is 428 g/mol. The predicted molar refractivity (Wildman–Crippen MR) is 121 cm³/mol. The number of aromatic nitrogens is 5. The summed E-state index contributed by atoms with van der Waals surface area (Å²) in [4.78, 5) is 24.5. The fraction of sp³-hybridized carbons (Fsp3) is 0.333. The predicted octanol–water partition coefficient (Wildman–Crippen LogP) is 2.08. The van der Waals surface area contributed by atoms with Crippen LogP contribution < -0.4 is 5.69 Å². The van der Waals surface area contributed by atoms with Gasteiger partial charge in [0.15, 0.2) is 5.65 Å². The van der Waals surface area contributed by atoms with Crippen LogP contribution in [-0.2, 0) is 17.8 Å². The molecule has 0 bridgehead atoms. The SMILES string of the molecule is C#Cc1ccc(Cn2c(=O)n3ncnc3c3cc(CN4C[C@@H](C)O[C@@H](C)C4)cnc32)cc1. The molecule has 2 atom stereocenters. The molecule has 1 aliphatic heterocycles. The molecule has 8 nitrogen and oxygen atoms in total. The molecular formula is C24H24N6O2. The Morgan fingerprint density at radius 1 is 1.06 bits per heavy atom. The van der Waals surface area contributed by atoms with Gasteiger partial charge in [-0.15, -0.1) is 6.42 Å². The Hall–Kier alpha value is -3.54. The molecule has 0 amide bonds. The molecule has 0 radical (unpaired) electrons. The van der Waals surface area contributed by atoms with Crippen molar-refractivity contribution in [1.29, 1.82) is 0 Å². The molecule has 162 valence electrons. The van der Waals surface area contributed by atoms with Gasteiger partial charge in [-0.05, 0) is 43.2 Å². The molecule has 1 fully saturated rings. The number of terminal acetylenes is 1. The monoisotopic (exact) mass is 428 g/mol. The van der Waals surface area contributed by atoms with Crippen LogP contribution >= 0.6 is 0 Å². The molecule has 1 aromatic carbocycles. The molecule has 0 aliphatic carbocycles. The Balaban J connectivity index is 1.56. The number of morpholine rings is 1. The zero-order valence-electron chi connectivity index (χ0n) is 18.1. The first-order valence-electron chi connectivity index (χ1n) is 10.7. The average Bonchev–Trinajstić information content (AvgIpc) is 3.27. The zero-order chi connectivity index (χ0) is 22.2. The summed E-state index contributed by atoms with van der Waals surface area (Å²) in [6, 6.07) is 9.65. The lowest BCUT2D eigenvalue weighted by atomic mass is 10.1. The van der Waals surface area contributed by atoms with Crippen LogP contribution in [0.15, 0.2) is 47.7 Å². The Bertz CT molecular complexity index is 1370. The van der Waals surface area contributed by atoms with Crippen LogP contribution in [0.2, 0.25) is 0 Å². The summed E-state index contributed by atoms with van der Waals surface area (Å²) in [5.74, 6) is 2.61. The van der Waals surface area contributed by atoms with Gasteiger partial charge in [-0.2, -0.15) is 9.61 Å². The summed E-state index contributed by atoms with van der Waals surface area (Å²) in [5, 5.41) is 4.95. The van der Waals surface area contributed by atoms with Gasteiger partial charge in [0.05, 0.1) is 24.1 Å². The standard InChI is InChI=1S/C24H24N6O2/c1-4-18-5-7-19(8-6-18)14-29-22-21(23-26-15-27-30(23)24(29)31)9-20(10-25-22)13-28-11-16(2)32-17(3)12-28/h1,5-10,15-17H,11-14H2,2-3H3/t16-,17+. The first-order valence-corrected chi connectivity index (χ1v) is 10.7. The van der Waals surface area contributed by atoms with E-state index < -0.39 is 0 Å². The second-order valence-electron chi connectivity index (χ2n) is 8.37. The van der Waals surface area contributed by atoms with Gasteiger partial charge < -0.3 is 4.74 Å². The van der Waals surface area contributed by atoms with E-state index in [0.29, 0.717) is 17.8 Å². The molecule has 32 heavy (non-hydrogen) atoms. The third kappa shape index (κ3) is 3.77. The van der Waals surface area contributed by atoms with Crippen LogP contribution in [-0.4, -0.2) is 54.3 Å². The van der Waals surface area contributed by atoms with E-state index in [-0.39, 0.29) is 17.9 Å². The highest BCUT2D eigenvalue weighted by Gasteiger charge is 2.23. The van der Waals surface area contributed by atoms with Gasteiger partial charge >= 0.3 is 5.69 Å². The second-order valence-corrected chi connectivity index (χ2v) is 8.37. The van der Waals surface area contributed by atoms with Crippen LogP contribution in [0.25, 0.3) is 16.7 Å². The fourth-order valence-electron chi connectivity index (χ4n) is 4.44. The highest BCUT2D eigenvalue weighted by molar-refractivity contribution is 5.89. The molecule has 5 rings (SSSR count). The van der Waals surface area contributed by atoms with Crippen molar-refractivity contribution in [3.63, 3.8) is 0 Å². The van der Waals surface area contributed by atoms with Gasteiger partial charge in [-0.25, -0.2) is 14.8 Å². The van der Waals surface area contributed by atoms with Gasteiger partial charge in [0.25, 0.3) is 0 Å². The van der Waals surface area contributed by atoms with E-state index in [9.17, 15) is 4.79 Å². The van der Waals surface area contributed by atoms with E-state index in [1.165, 1.54) is 10.8 Å². The highest BCUT2D eigenvalue weighted by Crippen LogP contribution is 2.20. The van der Waals surface area contributed by atoms with E-state index >= 15 is 0 Å². The van der Waals surface area contributed by atoms with E-state index in [1.807, 2.05) is 30.5 Å². The summed E-state index contributed by atoms with van der Waals surface area (Å²) in [6.45, 7) is 7.05.